The Morgan fingerprint density at radius 2 is 1.17 bits per heavy atom. The molecule has 2 rings (SSSR count). The molecular formula is C14H18N2O6S2. The molecule has 0 aliphatic rings. The summed E-state index contributed by atoms with van der Waals surface area (Å²) in [4.78, 5) is 0.438. The monoisotopic (exact) mass is 374 g/mol. The summed E-state index contributed by atoms with van der Waals surface area (Å²) in [5.41, 5.74) is 12.1. The van der Waals surface area contributed by atoms with Gasteiger partial charge in [-0.2, -0.15) is 8.42 Å². The van der Waals surface area contributed by atoms with Crippen LogP contribution in [0.4, 0.5) is 11.4 Å². The Bertz CT molecular complexity index is 809. The molecule has 132 valence electrons. The van der Waals surface area contributed by atoms with E-state index in [0.717, 1.165) is 0 Å². The van der Waals surface area contributed by atoms with Crippen LogP contribution >= 0.6 is 0 Å². The maximum Gasteiger partial charge on any atom is 0.397 e. The van der Waals surface area contributed by atoms with Gasteiger partial charge in [0.2, 0.25) is 9.84 Å². The predicted molar refractivity (Wildman–Crippen MR) is 90.3 cm³/mol. The number of nitrogen functional groups attached to an aromatic ring is 2. The third-order valence-electron chi connectivity index (χ3n) is 2.65. The average molecular weight is 374 g/mol. The van der Waals surface area contributed by atoms with E-state index in [-0.39, 0.29) is 16.4 Å². The minimum atomic E-state index is -4.17. The molecule has 0 saturated carbocycles. The highest BCUT2D eigenvalue weighted by atomic mass is 32.3. The van der Waals surface area contributed by atoms with Crippen molar-refractivity contribution in [3.05, 3.63) is 48.5 Å². The second-order valence-corrected chi connectivity index (χ2v) is 7.52. The van der Waals surface area contributed by atoms with Gasteiger partial charge in [0.25, 0.3) is 0 Å². The van der Waals surface area contributed by atoms with Crippen LogP contribution in [0.1, 0.15) is 6.92 Å². The third-order valence-corrected chi connectivity index (χ3v) is 4.97. The number of anilines is 2. The fourth-order valence-corrected chi connectivity index (χ4v) is 3.14. The van der Waals surface area contributed by atoms with Crippen molar-refractivity contribution in [2.24, 2.45) is 0 Å². The first-order valence-electron chi connectivity index (χ1n) is 6.64. The fraction of sp³-hybridized carbons (Fsp3) is 0.143. The first-order chi connectivity index (χ1) is 11.1. The highest BCUT2D eigenvalue weighted by Crippen LogP contribution is 2.22. The number of benzene rings is 2. The maximum absolute atomic E-state index is 12.2. The van der Waals surface area contributed by atoms with Crippen LogP contribution in [0.5, 0.6) is 0 Å². The Kier molecular flexibility index (Phi) is 6.72. The Morgan fingerprint density at radius 1 is 0.833 bits per heavy atom. The molecule has 0 heterocycles. The molecule has 0 radical (unpaired) electrons. The predicted octanol–water partition coefficient (Wildman–Crippen LogP) is 1.51. The Morgan fingerprint density at radius 3 is 1.38 bits per heavy atom. The summed E-state index contributed by atoms with van der Waals surface area (Å²) in [5, 5.41) is 0. The lowest BCUT2D eigenvalue weighted by molar-refractivity contribution is 0.283. The lowest BCUT2D eigenvalue weighted by Gasteiger charge is -2.05. The van der Waals surface area contributed by atoms with Crippen LogP contribution in [0.3, 0.4) is 0 Å². The van der Waals surface area contributed by atoms with Crippen molar-refractivity contribution in [3.63, 3.8) is 0 Å². The van der Waals surface area contributed by atoms with E-state index >= 15 is 0 Å². The Balaban J connectivity index is 0.000000351. The Labute approximate surface area is 140 Å². The smallest absolute Gasteiger partial charge is 0.397 e. The maximum atomic E-state index is 12.2. The molecule has 8 nitrogen and oxygen atoms in total. The second-order valence-electron chi connectivity index (χ2n) is 4.48. The zero-order valence-corrected chi connectivity index (χ0v) is 14.4. The molecule has 0 fully saturated rings. The van der Waals surface area contributed by atoms with Gasteiger partial charge in [0.15, 0.2) is 0 Å². The van der Waals surface area contributed by atoms with Gasteiger partial charge in [-0.3, -0.25) is 4.55 Å². The van der Waals surface area contributed by atoms with Gasteiger partial charge in [0.05, 0.1) is 16.4 Å². The first-order valence-corrected chi connectivity index (χ1v) is 9.49. The summed E-state index contributed by atoms with van der Waals surface area (Å²) >= 11 is 0. The number of rotatable bonds is 4. The standard InChI is InChI=1S/C12H12N2O2S.C2H6O4S/c13-9-1-5-11(6-2-9)17(15,16)12-7-3-10(14)4-8-12;1-2-6-7(3,4)5/h1-8H,13-14H2;2H2,1H3,(H,3,4,5). The topological polar surface area (TPSA) is 150 Å². The first kappa shape index (κ1) is 19.9. The van der Waals surface area contributed by atoms with Crippen molar-refractivity contribution < 1.29 is 25.6 Å². The molecule has 0 amide bonds. The lowest BCUT2D eigenvalue weighted by Crippen LogP contribution is -2.02. The van der Waals surface area contributed by atoms with Gasteiger partial charge in [-0.05, 0) is 55.5 Å². The van der Waals surface area contributed by atoms with Crippen LogP contribution in [0.25, 0.3) is 0 Å². The molecule has 0 aliphatic heterocycles. The third kappa shape index (κ3) is 6.16. The average Bonchev–Trinajstić information content (AvgIpc) is 2.47. The number of sulfone groups is 1. The molecule has 2 aromatic rings. The van der Waals surface area contributed by atoms with Gasteiger partial charge in [-0.1, -0.05) is 0 Å². The molecule has 24 heavy (non-hydrogen) atoms. The van der Waals surface area contributed by atoms with Gasteiger partial charge in [0.1, 0.15) is 0 Å². The van der Waals surface area contributed by atoms with Gasteiger partial charge >= 0.3 is 10.4 Å². The molecule has 5 N–H and O–H groups in total. The summed E-state index contributed by atoms with van der Waals surface area (Å²) in [6.45, 7) is 1.44. The SMILES string of the molecule is CCOS(=O)(=O)O.Nc1ccc(S(=O)(=O)c2ccc(N)cc2)cc1. The van der Waals surface area contributed by atoms with E-state index in [4.69, 9.17) is 16.0 Å². The van der Waals surface area contributed by atoms with Crippen molar-refractivity contribution in [2.45, 2.75) is 16.7 Å². The van der Waals surface area contributed by atoms with Gasteiger partial charge in [-0.15, -0.1) is 0 Å². The van der Waals surface area contributed by atoms with E-state index in [0.29, 0.717) is 11.4 Å². The van der Waals surface area contributed by atoms with Crippen molar-refractivity contribution >= 4 is 31.6 Å². The van der Waals surface area contributed by atoms with Gasteiger partial charge in [0, 0.05) is 11.4 Å². The summed E-state index contributed by atoms with van der Waals surface area (Å²) in [6, 6.07) is 12.2. The van der Waals surface area contributed by atoms with Crippen LogP contribution in [-0.4, -0.2) is 28.0 Å². The molecule has 0 unspecified atom stereocenters. The lowest BCUT2D eigenvalue weighted by atomic mass is 10.3. The molecule has 0 aliphatic carbocycles. The summed E-state index contributed by atoms with van der Waals surface area (Å²) in [5.74, 6) is 0. The molecule has 0 bridgehead atoms. The summed E-state index contributed by atoms with van der Waals surface area (Å²) in [6.07, 6.45) is 0. The molecule has 0 atom stereocenters. The van der Waals surface area contributed by atoms with Crippen LogP contribution in [0.2, 0.25) is 0 Å². The van der Waals surface area contributed by atoms with Gasteiger partial charge < -0.3 is 11.5 Å². The van der Waals surface area contributed by atoms with E-state index in [1.54, 1.807) is 24.3 Å². The number of hydrogen-bond donors (Lipinski definition) is 3. The zero-order valence-electron chi connectivity index (χ0n) is 12.8. The largest absolute Gasteiger partial charge is 0.399 e. The minimum Gasteiger partial charge on any atom is -0.399 e. The highest BCUT2D eigenvalue weighted by Gasteiger charge is 2.16. The molecule has 10 heteroatoms. The van der Waals surface area contributed by atoms with Gasteiger partial charge in [-0.25, -0.2) is 12.6 Å². The van der Waals surface area contributed by atoms with Crippen molar-refractivity contribution in [2.75, 3.05) is 18.1 Å². The molecular weight excluding hydrogens is 356 g/mol. The Hall–Kier alpha value is -2.14. The van der Waals surface area contributed by atoms with Crippen LogP contribution in [-0.2, 0) is 24.4 Å². The molecule has 0 spiro atoms. The minimum absolute atomic E-state index is 0.0289. The fourth-order valence-electron chi connectivity index (χ4n) is 1.58. The van der Waals surface area contributed by atoms with E-state index in [2.05, 4.69) is 4.18 Å². The molecule has 0 saturated heterocycles. The second kappa shape index (κ2) is 8.11. The summed E-state index contributed by atoms with van der Waals surface area (Å²) < 4.78 is 55.0. The zero-order chi connectivity index (χ0) is 18.4. The molecule has 2 aromatic carbocycles. The van der Waals surface area contributed by atoms with Crippen LogP contribution < -0.4 is 11.5 Å². The van der Waals surface area contributed by atoms with E-state index in [9.17, 15) is 16.8 Å². The van der Waals surface area contributed by atoms with Crippen molar-refractivity contribution in [3.8, 4) is 0 Å². The van der Waals surface area contributed by atoms with E-state index < -0.39 is 20.2 Å². The number of nitrogens with two attached hydrogens (primary N) is 2. The van der Waals surface area contributed by atoms with Crippen molar-refractivity contribution in [1.82, 2.24) is 0 Å². The van der Waals surface area contributed by atoms with Crippen LogP contribution in [0.15, 0.2) is 58.3 Å². The highest BCUT2D eigenvalue weighted by molar-refractivity contribution is 7.91. The van der Waals surface area contributed by atoms with Crippen molar-refractivity contribution in [1.29, 1.82) is 0 Å². The van der Waals surface area contributed by atoms with E-state index in [1.165, 1.54) is 31.2 Å². The summed E-state index contributed by atoms with van der Waals surface area (Å²) in [7, 11) is -7.66. The van der Waals surface area contributed by atoms with Crippen LogP contribution in [0, 0.1) is 0 Å². The quantitative estimate of drug-likeness (QED) is 0.538. The number of hydrogen-bond acceptors (Lipinski definition) is 7. The molecule has 0 aromatic heterocycles. The normalized spacial score (nSPS) is 11.4. The van der Waals surface area contributed by atoms with E-state index in [1.807, 2.05) is 0 Å².